The Bertz CT molecular complexity index is 835. The molecular formula is C20H18O3. The van der Waals surface area contributed by atoms with Crippen LogP contribution >= 0.6 is 0 Å². The molecule has 0 bridgehead atoms. The van der Waals surface area contributed by atoms with Crippen LogP contribution in [0.4, 0.5) is 0 Å². The maximum Gasteiger partial charge on any atom is 0.138 e. The number of hydrogen-bond acceptors (Lipinski definition) is 3. The second kappa shape index (κ2) is 4.31. The molecule has 0 aromatic heterocycles. The van der Waals surface area contributed by atoms with E-state index in [0.717, 1.165) is 28.4 Å². The Morgan fingerprint density at radius 3 is 2.78 bits per heavy atom. The van der Waals surface area contributed by atoms with Crippen molar-refractivity contribution >= 4 is 6.08 Å². The minimum Gasteiger partial charge on any atom is -0.492 e. The quantitative estimate of drug-likeness (QED) is 0.718. The van der Waals surface area contributed by atoms with E-state index in [2.05, 4.69) is 44.2 Å². The van der Waals surface area contributed by atoms with Gasteiger partial charge in [0.25, 0.3) is 0 Å². The summed E-state index contributed by atoms with van der Waals surface area (Å²) < 4.78 is 18.3. The van der Waals surface area contributed by atoms with Gasteiger partial charge in [0.1, 0.15) is 29.0 Å². The first-order valence-electron chi connectivity index (χ1n) is 8.05. The van der Waals surface area contributed by atoms with Gasteiger partial charge in [0, 0.05) is 22.8 Å². The number of para-hydroxylation sites is 1. The van der Waals surface area contributed by atoms with Crippen molar-refractivity contribution in [2.45, 2.75) is 31.5 Å². The third kappa shape index (κ3) is 1.89. The van der Waals surface area contributed by atoms with Crippen LogP contribution in [0, 0.1) is 0 Å². The summed E-state index contributed by atoms with van der Waals surface area (Å²) in [6.45, 7) is 4.76. The van der Waals surface area contributed by atoms with Gasteiger partial charge in [-0.25, -0.2) is 0 Å². The molecule has 2 aromatic rings. The van der Waals surface area contributed by atoms with Crippen LogP contribution in [0.2, 0.25) is 0 Å². The van der Waals surface area contributed by atoms with E-state index in [1.807, 2.05) is 18.2 Å². The molecule has 0 saturated heterocycles. The molecule has 3 nitrogen and oxygen atoms in total. The average Bonchev–Trinajstić information content (AvgIpc) is 2.91. The first-order valence-corrected chi connectivity index (χ1v) is 8.05. The molecule has 3 aliphatic heterocycles. The van der Waals surface area contributed by atoms with E-state index < -0.39 is 0 Å². The molecule has 0 spiro atoms. The molecule has 0 saturated carbocycles. The highest BCUT2D eigenvalue weighted by Crippen LogP contribution is 2.52. The smallest absolute Gasteiger partial charge is 0.138 e. The first-order chi connectivity index (χ1) is 11.1. The second-order valence-corrected chi connectivity index (χ2v) is 6.96. The lowest BCUT2D eigenvalue weighted by Crippen LogP contribution is -2.28. The predicted molar refractivity (Wildman–Crippen MR) is 88.2 cm³/mol. The van der Waals surface area contributed by atoms with Crippen LogP contribution in [0.15, 0.2) is 42.5 Å². The monoisotopic (exact) mass is 306 g/mol. The Morgan fingerprint density at radius 2 is 1.87 bits per heavy atom. The Labute approximate surface area is 135 Å². The van der Waals surface area contributed by atoms with Crippen molar-refractivity contribution in [2.24, 2.45) is 0 Å². The van der Waals surface area contributed by atoms with Crippen LogP contribution < -0.4 is 14.2 Å². The lowest BCUT2D eigenvalue weighted by atomic mass is 9.88. The van der Waals surface area contributed by atoms with Gasteiger partial charge in [0.15, 0.2) is 0 Å². The summed E-state index contributed by atoms with van der Waals surface area (Å²) in [6, 6.07) is 12.4. The van der Waals surface area contributed by atoms with Gasteiger partial charge in [0.2, 0.25) is 0 Å². The molecule has 2 atom stereocenters. The Kier molecular flexibility index (Phi) is 2.45. The van der Waals surface area contributed by atoms with Gasteiger partial charge in [-0.2, -0.15) is 0 Å². The second-order valence-electron chi connectivity index (χ2n) is 6.96. The molecule has 2 aromatic carbocycles. The van der Waals surface area contributed by atoms with Gasteiger partial charge >= 0.3 is 0 Å². The molecule has 0 radical (unpaired) electrons. The van der Waals surface area contributed by atoms with E-state index in [1.165, 1.54) is 5.56 Å². The molecule has 3 heterocycles. The molecule has 0 aliphatic carbocycles. The topological polar surface area (TPSA) is 27.7 Å². The van der Waals surface area contributed by atoms with Crippen molar-refractivity contribution in [2.75, 3.05) is 6.61 Å². The fraction of sp³-hybridized carbons (Fsp3) is 0.300. The number of ether oxygens (including phenoxy) is 3. The van der Waals surface area contributed by atoms with Gasteiger partial charge < -0.3 is 14.2 Å². The van der Waals surface area contributed by atoms with Gasteiger partial charge in [-0.15, -0.1) is 0 Å². The Morgan fingerprint density at radius 1 is 1.00 bits per heavy atom. The normalized spacial score (nSPS) is 25.1. The highest BCUT2D eigenvalue weighted by Gasteiger charge is 2.41. The van der Waals surface area contributed by atoms with Crippen molar-refractivity contribution in [3.05, 3.63) is 59.2 Å². The van der Waals surface area contributed by atoms with E-state index in [1.54, 1.807) is 0 Å². The van der Waals surface area contributed by atoms with E-state index in [-0.39, 0.29) is 17.6 Å². The molecule has 23 heavy (non-hydrogen) atoms. The van der Waals surface area contributed by atoms with Gasteiger partial charge in [-0.3, -0.25) is 0 Å². The number of rotatable bonds is 0. The van der Waals surface area contributed by atoms with Crippen LogP contribution in [0.3, 0.4) is 0 Å². The largest absolute Gasteiger partial charge is 0.492 e. The number of hydrogen-bond donors (Lipinski definition) is 0. The lowest BCUT2D eigenvalue weighted by Gasteiger charge is -2.32. The van der Waals surface area contributed by atoms with Gasteiger partial charge in [-0.1, -0.05) is 24.3 Å². The van der Waals surface area contributed by atoms with Crippen LogP contribution in [-0.4, -0.2) is 12.2 Å². The predicted octanol–water partition coefficient (Wildman–Crippen LogP) is 4.48. The van der Waals surface area contributed by atoms with Gasteiger partial charge in [-0.05, 0) is 32.1 Å². The van der Waals surface area contributed by atoms with E-state index >= 15 is 0 Å². The summed E-state index contributed by atoms with van der Waals surface area (Å²) in [5.74, 6) is 3.00. The molecule has 116 valence electrons. The highest BCUT2D eigenvalue weighted by atomic mass is 16.5. The van der Waals surface area contributed by atoms with Crippen LogP contribution in [0.25, 0.3) is 6.08 Å². The number of benzene rings is 2. The third-order valence-electron chi connectivity index (χ3n) is 4.84. The molecule has 0 amide bonds. The van der Waals surface area contributed by atoms with Crippen molar-refractivity contribution in [3.8, 4) is 17.2 Å². The van der Waals surface area contributed by atoms with Crippen LogP contribution in [0.1, 0.15) is 42.6 Å². The zero-order valence-corrected chi connectivity index (χ0v) is 13.2. The minimum atomic E-state index is -0.279. The molecular weight excluding hydrogens is 288 g/mol. The fourth-order valence-electron chi connectivity index (χ4n) is 3.68. The Hall–Kier alpha value is -2.42. The maximum atomic E-state index is 6.22. The SMILES string of the molecule is CC1(C)C=Cc2cc3c(cc2O1)OC[C@H]1c2ccccc2O[C@@H]31. The van der Waals surface area contributed by atoms with Crippen molar-refractivity contribution in [1.29, 1.82) is 0 Å². The Balaban J connectivity index is 1.60. The first kappa shape index (κ1) is 13.1. The summed E-state index contributed by atoms with van der Waals surface area (Å²) in [6.07, 6.45) is 4.25. The summed E-state index contributed by atoms with van der Waals surface area (Å²) in [5.41, 5.74) is 3.17. The van der Waals surface area contributed by atoms with Crippen LogP contribution in [0.5, 0.6) is 17.2 Å². The molecule has 0 unspecified atom stereocenters. The van der Waals surface area contributed by atoms with Crippen LogP contribution in [-0.2, 0) is 0 Å². The zero-order chi connectivity index (χ0) is 15.6. The van der Waals surface area contributed by atoms with Crippen molar-refractivity contribution < 1.29 is 14.2 Å². The lowest BCUT2D eigenvalue weighted by molar-refractivity contribution is 0.135. The van der Waals surface area contributed by atoms with E-state index in [0.29, 0.717) is 6.61 Å². The summed E-state index contributed by atoms with van der Waals surface area (Å²) in [4.78, 5) is 0. The van der Waals surface area contributed by atoms with Crippen molar-refractivity contribution in [1.82, 2.24) is 0 Å². The summed E-state index contributed by atoms with van der Waals surface area (Å²) in [7, 11) is 0. The molecule has 3 aliphatic rings. The molecule has 0 fully saturated rings. The molecule has 5 rings (SSSR count). The fourth-order valence-corrected chi connectivity index (χ4v) is 3.68. The minimum absolute atomic E-state index is 0.0322. The highest BCUT2D eigenvalue weighted by molar-refractivity contribution is 5.65. The standard InChI is InChI=1S/C20H18O3/c1-20(2)8-7-12-9-14-18(10-17(12)23-20)21-11-15-13-5-3-4-6-16(13)22-19(14)15/h3-10,15,19H,11H2,1-2H3/t15-,19-/m0/s1. The van der Waals surface area contributed by atoms with Gasteiger partial charge in [0.05, 0.1) is 12.5 Å². The third-order valence-corrected chi connectivity index (χ3v) is 4.84. The van der Waals surface area contributed by atoms with E-state index in [9.17, 15) is 0 Å². The average molecular weight is 306 g/mol. The summed E-state index contributed by atoms with van der Waals surface area (Å²) >= 11 is 0. The molecule has 0 N–H and O–H groups in total. The maximum absolute atomic E-state index is 6.22. The van der Waals surface area contributed by atoms with E-state index in [4.69, 9.17) is 14.2 Å². The molecule has 3 heteroatoms. The summed E-state index contributed by atoms with van der Waals surface area (Å²) in [5, 5.41) is 0. The van der Waals surface area contributed by atoms with Crippen molar-refractivity contribution in [3.63, 3.8) is 0 Å². The zero-order valence-electron chi connectivity index (χ0n) is 13.2. The number of fused-ring (bicyclic) bond motifs is 6.